The van der Waals surface area contributed by atoms with Crippen molar-refractivity contribution in [3.8, 4) is 0 Å². The molecule has 0 fully saturated rings. The quantitative estimate of drug-likeness (QED) is 0.0180. The average Bonchev–Trinajstić information content (AvgIpc) is 3.17. The summed E-state index contributed by atoms with van der Waals surface area (Å²) in [6.07, 6.45) is 2.11. The van der Waals surface area contributed by atoms with E-state index in [0.717, 1.165) is 71.2 Å². The maximum absolute atomic E-state index is 7.75. The topological polar surface area (TPSA) is 63.8 Å². The number of hydroxylamine groups is 3. The summed E-state index contributed by atoms with van der Waals surface area (Å²) in [5.41, 5.74) is 30.0. The molecule has 6 nitrogen and oxygen atoms in total. The van der Waals surface area contributed by atoms with Gasteiger partial charge in [0, 0.05) is 5.56 Å². The maximum Gasteiger partial charge on any atom is 0.242 e. The minimum absolute atomic E-state index is 0.573. The van der Waals surface area contributed by atoms with Crippen LogP contribution in [0.3, 0.4) is 0 Å². The molecule has 0 aliphatic carbocycles. The highest BCUT2D eigenvalue weighted by atomic mass is 28.4. The Kier molecular flexibility index (Phi) is 21.7. The summed E-state index contributed by atoms with van der Waals surface area (Å²) in [5, 5.41) is 0. The predicted molar refractivity (Wildman–Crippen MR) is 373 cm³/mol. The molecule has 11 aromatic carbocycles. The molecule has 0 saturated carbocycles. The molecule has 9 heteroatoms. The fourth-order valence-electron chi connectivity index (χ4n) is 12.0. The van der Waals surface area contributed by atoms with Crippen molar-refractivity contribution in [1.82, 2.24) is 16.4 Å². The van der Waals surface area contributed by atoms with Gasteiger partial charge < -0.3 is 13.6 Å². The molecule has 0 amide bonds. The van der Waals surface area contributed by atoms with Crippen LogP contribution in [0, 0.1) is 0 Å². The van der Waals surface area contributed by atoms with E-state index in [-0.39, 0.29) is 0 Å². The second kappa shape index (κ2) is 31.5. The Morgan fingerprint density at radius 1 is 0.247 bits per heavy atom. The fourth-order valence-corrected chi connectivity index (χ4v) is 23.6. The third-order valence-corrected chi connectivity index (χ3v) is 27.2. The smallest absolute Gasteiger partial charge is 0.242 e. The number of allylic oxidation sites excluding steroid dienone is 1. The van der Waals surface area contributed by atoms with E-state index in [1.54, 1.807) is 0 Å². The molecule has 0 unspecified atom stereocenters. The molecule has 0 aromatic heterocycles. The van der Waals surface area contributed by atoms with Crippen molar-refractivity contribution in [3.05, 3.63) is 412 Å². The van der Waals surface area contributed by atoms with Gasteiger partial charge in [-0.2, -0.15) is 0 Å². The van der Waals surface area contributed by atoms with E-state index >= 15 is 0 Å². The first-order chi connectivity index (χ1) is 43.9. The summed E-state index contributed by atoms with van der Waals surface area (Å²) in [4.78, 5) is 0. The van der Waals surface area contributed by atoms with Crippen LogP contribution in [0.2, 0.25) is 0 Å². The summed E-state index contributed by atoms with van der Waals surface area (Å²) in [6, 6.07) is 125. The Labute approximate surface area is 529 Å². The minimum Gasteiger partial charge on any atom is -0.321 e. The monoisotopic (exact) mass is 1210 g/mol. The van der Waals surface area contributed by atoms with Gasteiger partial charge in [0.2, 0.25) is 25.0 Å². The Morgan fingerprint density at radius 3 is 0.697 bits per heavy atom. The van der Waals surface area contributed by atoms with E-state index in [4.69, 9.17) is 13.6 Å². The summed E-state index contributed by atoms with van der Waals surface area (Å²) in [5.74, 6) is 0. The van der Waals surface area contributed by atoms with E-state index in [1.165, 1.54) is 50.1 Å². The summed E-state index contributed by atoms with van der Waals surface area (Å²) in [6.45, 7) is 0. The number of nitrogens with one attached hydrogen (secondary N) is 3. The SMILES string of the molecule is C(=C(C=C(NO[Si](Cc1ccccc1)(Cc1ccccc1)Cc1ccccc1)c1ccccc1)NO[Si](Cc1ccccc1)(Cc1ccccc1)Cc1ccccc1)=C(NO[Si](Cc1ccccc1)(Cc1ccccc1)Cc1ccccc1)c1ccccc1. The Bertz CT molecular complexity index is 3640. The maximum atomic E-state index is 7.75. The molecule has 3 N–H and O–H groups in total. The van der Waals surface area contributed by atoms with Crippen molar-refractivity contribution >= 4 is 36.3 Å². The lowest BCUT2D eigenvalue weighted by Crippen LogP contribution is -2.51. The van der Waals surface area contributed by atoms with Gasteiger partial charge in [-0.25, -0.2) is 0 Å². The van der Waals surface area contributed by atoms with Crippen LogP contribution in [0.5, 0.6) is 0 Å². The lowest BCUT2D eigenvalue weighted by Gasteiger charge is -2.33. The standard InChI is InChI=1S/C80H77N3O3Si3/c1-12-34-67(35-13-1)58-87(59-68-36-14-2-15-37-68,60-69-38-16-3-17-39-69)84-81-78(56-79(76-52-30-10-31-53-76)82-85-88(61-70-40-18-4-19-41-70,62-71-42-20-5-21-43-71)63-72-44-22-6-23-45-72)57-80(77-54-32-11-33-55-77)83-86-89(64-73-46-24-7-25-47-73,65-74-48-26-8-27-49-74)66-75-50-28-9-29-51-75/h1-56,81-83H,58-66H2. The van der Waals surface area contributed by atoms with Crippen LogP contribution >= 0.6 is 0 Å². The number of hydrogen-bond donors (Lipinski definition) is 3. The highest BCUT2D eigenvalue weighted by molar-refractivity contribution is 6.73. The zero-order chi connectivity index (χ0) is 60.5. The second-order valence-corrected chi connectivity index (χ2v) is 34.2. The van der Waals surface area contributed by atoms with Gasteiger partial charge in [-0.15, -0.1) is 0 Å². The zero-order valence-corrected chi connectivity index (χ0v) is 53.4. The molecule has 442 valence electrons. The summed E-state index contributed by atoms with van der Waals surface area (Å²) < 4.78 is 23.1. The molecule has 11 rings (SSSR count). The van der Waals surface area contributed by atoms with E-state index in [1.807, 2.05) is 0 Å². The van der Waals surface area contributed by atoms with Gasteiger partial charge in [0.25, 0.3) is 0 Å². The van der Waals surface area contributed by atoms with Gasteiger partial charge in [0.1, 0.15) is 11.4 Å². The first kappa shape index (κ1) is 61.3. The predicted octanol–water partition coefficient (Wildman–Crippen LogP) is 17.0. The molecule has 0 saturated heterocycles. The van der Waals surface area contributed by atoms with Crippen LogP contribution in [0.25, 0.3) is 11.4 Å². The van der Waals surface area contributed by atoms with E-state index in [2.05, 4.69) is 362 Å². The highest BCUT2D eigenvalue weighted by Gasteiger charge is 2.41. The van der Waals surface area contributed by atoms with Crippen LogP contribution in [-0.4, -0.2) is 25.0 Å². The van der Waals surface area contributed by atoms with Crippen molar-refractivity contribution in [2.45, 2.75) is 54.4 Å². The van der Waals surface area contributed by atoms with Crippen LogP contribution in [0.1, 0.15) is 61.2 Å². The van der Waals surface area contributed by atoms with Crippen molar-refractivity contribution in [2.24, 2.45) is 0 Å². The first-order valence-electron chi connectivity index (χ1n) is 30.9. The molecule has 0 aliphatic rings. The number of rotatable bonds is 30. The molecule has 0 atom stereocenters. The number of benzene rings is 11. The molecule has 0 heterocycles. The van der Waals surface area contributed by atoms with Crippen molar-refractivity contribution in [1.29, 1.82) is 0 Å². The first-order valence-corrected chi connectivity index (χ1v) is 38.5. The third kappa shape index (κ3) is 18.6. The lowest BCUT2D eigenvalue weighted by atomic mass is 10.1. The van der Waals surface area contributed by atoms with Crippen LogP contribution in [-0.2, 0) is 68.0 Å². The lowest BCUT2D eigenvalue weighted by molar-refractivity contribution is 0.211. The average molecular weight is 1210 g/mol. The van der Waals surface area contributed by atoms with Gasteiger partial charge >= 0.3 is 0 Å². The van der Waals surface area contributed by atoms with E-state index in [0.29, 0.717) is 11.4 Å². The van der Waals surface area contributed by atoms with Gasteiger partial charge in [-0.05, 0) is 116 Å². The normalized spacial score (nSPS) is 11.7. The van der Waals surface area contributed by atoms with Gasteiger partial charge in [0.05, 0.1) is 5.70 Å². The molecule has 0 radical (unpaired) electrons. The molecule has 0 bridgehead atoms. The molecule has 89 heavy (non-hydrogen) atoms. The summed E-state index contributed by atoms with van der Waals surface area (Å²) >= 11 is 0. The van der Waals surface area contributed by atoms with Gasteiger partial charge in [-0.3, -0.25) is 16.4 Å². The van der Waals surface area contributed by atoms with Crippen LogP contribution in [0.4, 0.5) is 0 Å². The summed E-state index contributed by atoms with van der Waals surface area (Å²) in [7, 11) is -8.84. The van der Waals surface area contributed by atoms with Gasteiger partial charge in [-0.1, -0.05) is 339 Å². The Morgan fingerprint density at radius 2 is 0.449 bits per heavy atom. The van der Waals surface area contributed by atoms with Crippen molar-refractivity contribution in [2.75, 3.05) is 0 Å². The number of hydrogen-bond acceptors (Lipinski definition) is 6. The zero-order valence-electron chi connectivity index (χ0n) is 50.4. The van der Waals surface area contributed by atoms with Crippen molar-refractivity contribution in [3.63, 3.8) is 0 Å². The van der Waals surface area contributed by atoms with E-state index in [9.17, 15) is 0 Å². The molecule has 11 aromatic rings. The fraction of sp³-hybridized carbons (Fsp3) is 0.113. The van der Waals surface area contributed by atoms with Crippen LogP contribution < -0.4 is 16.4 Å². The largest absolute Gasteiger partial charge is 0.321 e. The third-order valence-electron chi connectivity index (χ3n) is 16.1. The second-order valence-electron chi connectivity index (χ2n) is 23.3. The molecule has 0 aliphatic heterocycles. The van der Waals surface area contributed by atoms with Crippen molar-refractivity contribution < 1.29 is 13.6 Å². The van der Waals surface area contributed by atoms with Gasteiger partial charge in [0.15, 0.2) is 0 Å². The van der Waals surface area contributed by atoms with Crippen LogP contribution in [0.15, 0.2) is 351 Å². The Hall–Kier alpha value is -9.39. The molecule has 0 spiro atoms. The minimum atomic E-state index is -3.00. The molecular formula is C80H77N3O3Si3. The Balaban J connectivity index is 1.10. The van der Waals surface area contributed by atoms with E-state index < -0.39 is 25.0 Å². The highest BCUT2D eigenvalue weighted by Crippen LogP contribution is 2.30. The molecular weight excluding hydrogens is 1140 g/mol.